The number of aryl methyl sites for hydroxylation is 2. The summed E-state index contributed by atoms with van der Waals surface area (Å²) < 4.78 is 28.0. The molecule has 1 aromatic heterocycles. The van der Waals surface area contributed by atoms with Gasteiger partial charge in [0.05, 0.1) is 10.6 Å². The van der Waals surface area contributed by atoms with Crippen LogP contribution >= 0.6 is 11.6 Å². The summed E-state index contributed by atoms with van der Waals surface area (Å²) in [5.41, 5.74) is 5.44. The monoisotopic (exact) mass is 401 g/mol. The second-order valence-electron chi connectivity index (χ2n) is 6.89. The van der Waals surface area contributed by atoms with Gasteiger partial charge in [-0.05, 0) is 37.6 Å². The van der Waals surface area contributed by atoms with E-state index in [-0.39, 0.29) is 0 Å². The Morgan fingerprint density at radius 1 is 1.11 bits per heavy atom. The van der Waals surface area contributed by atoms with E-state index in [9.17, 15) is 8.42 Å². The number of H-pyrrole nitrogens is 1. The predicted octanol–water partition coefficient (Wildman–Crippen LogP) is 4.09. The van der Waals surface area contributed by atoms with E-state index in [0.717, 1.165) is 33.6 Å². The van der Waals surface area contributed by atoms with Crippen molar-refractivity contribution < 1.29 is 8.42 Å². The first-order valence-corrected chi connectivity index (χ1v) is 10.6. The fraction of sp³-hybridized carbons (Fsp3) is 0.250. The standard InChI is InChI=1S/C20H20ClN3O2S/c1-13-3-8-19(14(2)11-13)27(25,26)24-10-9-18-17(12-24)20(23-22-18)15-4-6-16(21)7-5-15/h3-8,11H,9-10,12H2,1-2H3,(H,22,23). The van der Waals surface area contributed by atoms with E-state index < -0.39 is 10.0 Å². The number of benzene rings is 2. The number of hydrogen-bond donors (Lipinski definition) is 1. The Labute approximate surface area is 164 Å². The predicted molar refractivity (Wildman–Crippen MR) is 106 cm³/mol. The van der Waals surface area contributed by atoms with Crippen LogP contribution in [0.1, 0.15) is 22.4 Å². The Kier molecular flexibility index (Phi) is 4.58. The minimum atomic E-state index is -3.57. The van der Waals surface area contributed by atoms with Gasteiger partial charge in [0.25, 0.3) is 0 Å². The van der Waals surface area contributed by atoms with Crippen molar-refractivity contribution in [3.05, 3.63) is 69.9 Å². The lowest BCUT2D eigenvalue weighted by atomic mass is 10.0. The average Bonchev–Trinajstić information content (AvgIpc) is 3.05. The Hall–Kier alpha value is -2.15. The van der Waals surface area contributed by atoms with Crippen LogP contribution in [0.5, 0.6) is 0 Å². The molecule has 0 radical (unpaired) electrons. The van der Waals surface area contributed by atoms with Crippen LogP contribution in [0.25, 0.3) is 11.3 Å². The van der Waals surface area contributed by atoms with E-state index in [2.05, 4.69) is 10.2 Å². The van der Waals surface area contributed by atoms with Crippen molar-refractivity contribution in [2.75, 3.05) is 6.54 Å². The van der Waals surface area contributed by atoms with E-state index in [4.69, 9.17) is 11.6 Å². The Balaban J connectivity index is 1.70. The van der Waals surface area contributed by atoms with Crippen LogP contribution in [0.2, 0.25) is 5.02 Å². The van der Waals surface area contributed by atoms with Gasteiger partial charge in [0, 0.05) is 41.4 Å². The van der Waals surface area contributed by atoms with Gasteiger partial charge in [0.2, 0.25) is 10.0 Å². The van der Waals surface area contributed by atoms with Crippen LogP contribution in [-0.4, -0.2) is 29.5 Å². The van der Waals surface area contributed by atoms with Gasteiger partial charge in [-0.15, -0.1) is 0 Å². The Morgan fingerprint density at radius 3 is 2.56 bits per heavy atom. The summed E-state index contributed by atoms with van der Waals surface area (Å²) in [6.45, 7) is 4.54. The van der Waals surface area contributed by atoms with Crippen molar-refractivity contribution in [2.45, 2.75) is 31.7 Å². The first kappa shape index (κ1) is 18.2. The third-order valence-electron chi connectivity index (χ3n) is 4.96. The summed E-state index contributed by atoms with van der Waals surface area (Å²) in [5, 5.41) is 8.15. The number of rotatable bonds is 3. The molecule has 1 N–H and O–H groups in total. The summed E-state index contributed by atoms with van der Waals surface area (Å²) in [6, 6.07) is 12.9. The van der Waals surface area contributed by atoms with Crippen molar-refractivity contribution in [1.82, 2.24) is 14.5 Å². The van der Waals surface area contributed by atoms with E-state index in [0.29, 0.717) is 29.4 Å². The highest BCUT2D eigenvalue weighted by atomic mass is 35.5. The molecule has 0 atom stereocenters. The smallest absolute Gasteiger partial charge is 0.243 e. The zero-order valence-corrected chi connectivity index (χ0v) is 16.7. The van der Waals surface area contributed by atoms with Gasteiger partial charge in [-0.1, -0.05) is 41.4 Å². The molecule has 0 bridgehead atoms. The summed E-state index contributed by atoms with van der Waals surface area (Å²) >= 11 is 5.98. The number of sulfonamides is 1. The average molecular weight is 402 g/mol. The number of nitrogens with zero attached hydrogens (tertiary/aromatic N) is 2. The van der Waals surface area contributed by atoms with Crippen LogP contribution in [0.3, 0.4) is 0 Å². The number of fused-ring (bicyclic) bond motifs is 1. The van der Waals surface area contributed by atoms with Crippen LogP contribution in [0.15, 0.2) is 47.4 Å². The molecule has 3 aromatic rings. The highest BCUT2D eigenvalue weighted by molar-refractivity contribution is 7.89. The number of hydrogen-bond acceptors (Lipinski definition) is 3. The van der Waals surface area contributed by atoms with Crippen molar-refractivity contribution in [3.63, 3.8) is 0 Å². The molecule has 0 fully saturated rings. The minimum absolute atomic E-state index is 0.305. The van der Waals surface area contributed by atoms with Crippen LogP contribution in [0, 0.1) is 13.8 Å². The molecule has 0 saturated carbocycles. The molecule has 1 aliphatic rings. The van der Waals surface area contributed by atoms with Crippen LogP contribution in [-0.2, 0) is 23.0 Å². The molecular formula is C20H20ClN3O2S. The number of aromatic amines is 1. The molecule has 0 spiro atoms. The van der Waals surface area contributed by atoms with Gasteiger partial charge in [-0.25, -0.2) is 8.42 Å². The molecule has 0 saturated heterocycles. The molecule has 7 heteroatoms. The molecular weight excluding hydrogens is 382 g/mol. The lowest BCUT2D eigenvalue weighted by Crippen LogP contribution is -2.36. The van der Waals surface area contributed by atoms with Gasteiger partial charge in [-0.3, -0.25) is 5.10 Å². The maximum Gasteiger partial charge on any atom is 0.243 e. The number of halogens is 1. The molecule has 0 amide bonds. The number of nitrogens with one attached hydrogen (secondary N) is 1. The Morgan fingerprint density at radius 2 is 1.85 bits per heavy atom. The van der Waals surface area contributed by atoms with Gasteiger partial charge in [0.1, 0.15) is 0 Å². The Bertz CT molecular complexity index is 1100. The van der Waals surface area contributed by atoms with Gasteiger partial charge < -0.3 is 0 Å². The maximum atomic E-state index is 13.2. The summed E-state index contributed by atoms with van der Waals surface area (Å²) in [6.07, 6.45) is 0.611. The maximum absolute atomic E-state index is 13.2. The molecule has 140 valence electrons. The molecule has 2 aromatic carbocycles. The zero-order valence-electron chi connectivity index (χ0n) is 15.2. The fourth-order valence-electron chi connectivity index (χ4n) is 3.55. The highest BCUT2D eigenvalue weighted by Gasteiger charge is 2.32. The molecule has 4 rings (SSSR count). The number of aromatic nitrogens is 2. The van der Waals surface area contributed by atoms with Crippen molar-refractivity contribution >= 4 is 21.6 Å². The lowest BCUT2D eigenvalue weighted by Gasteiger charge is -2.27. The van der Waals surface area contributed by atoms with Crippen molar-refractivity contribution in [2.24, 2.45) is 0 Å². The second kappa shape index (κ2) is 6.78. The fourth-order valence-corrected chi connectivity index (χ4v) is 5.29. The summed E-state index contributed by atoms with van der Waals surface area (Å²) in [7, 11) is -3.57. The third-order valence-corrected chi connectivity index (χ3v) is 7.22. The van der Waals surface area contributed by atoms with E-state index in [1.807, 2.05) is 50.2 Å². The van der Waals surface area contributed by atoms with E-state index in [1.54, 1.807) is 10.4 Å². The first-order valence-electron chi connectivity index (χ1n) is 8.76. The minimum Gasteiger partial charge on any atom is -0.282 e. The zero-order chi connectivity index (χ0) is 19.2. The van der Waals surface area contributed by atoms with Crippen LogP contribution in [0.4, 0.5) is 0 Å². The molecule has 0 aliphatic carbocycles. The summed E-state index contributed by atoms with van der Waals surface area (Å²) in [5.74, 6) is 0. The summed E-state index contributed by atoms with van der Waals surface area (Å²) in [4.78, 5) is 0.369. The molecule has 5 nitrogen and oxygen atoms in total. The largest absolute Gasteiger partial charge is 0.282 e. The highest BCUT2D eigenvalue weighted by Crippen LogP contribution is 2.32. The molecule has 0 unspecified atom stereocenters. The SMILES string of the molecule is Cc1ccc(S(=O)(=O)N2CCc3[nH]nc(-c4ccc(Cl)cc4)c3C2)c(C)c1. The molecule has 1 aliphatic heterocycles. The first-order chi connectivity index (χ1) is 12.9. The second-order valence-corrected chi connectivity index (χ2v) is 9.24. The third kappa shape index (κ3) is 3.29. The van der Waals surface area contributed by atoms with Crippen LogP contribution < -0.4 is 0 Å². The normalized spacial score (nSPS) is 14.9. The quantitative estimate of drug-likeness (QED) is 0.718. The van der Waals surface area contributed by atoms with E-state index >= 15 is 0 Å². The molecule has 27 heavy (non-hydrogen) atoms. The lowest BCUT2D eigenvalue weighted by molar-refractivity contribution is 0.390. The van der Waals surface area contributed by atoms with Gasteiger partial charge in [0.15, 0.2) is 0 Å². The molecule has 2 heterocycles. The van der Waals surface area contributed by atoms with E-state index in [1.165, 1.54) is 0 Å². The van der Waals surface area contributed by atoms with Gasteiger partial charge >= 0.3 is 0 Å². The van der Waals surface area contributed by atoms with Gasteiger partial charge in [-0.2, -0.15) is 9.40 Å². The van der Waals surface area contributed by atoms with Crippen molar-refractivity contribution in [3.8, 4) is 11.3 Å². The topological polar surface area (TPSA) is 66.1 Å². The van der Waals surface area contributed by atoms with Crippen molar-refractivity contribution in [1.29, 1.82) is 0 Å².